The van der Waals surface area contributed by atoms with Crippen molar-refractivity contribution >= 4 is 11.8 Å². The molecule has 1 atom stereocenters. The Morgan fingerprint density at radius 2 is 2.18 bits per heavy atom. The number of hydrogen-bond donors (Lipinski definition) is 1. The zero-order valence-electron chi connectivity index (χ0n) is 16.0. The lowest BCUT2D eigenvalue weighted by Gasteiger charge is -2.41. The summed E-state index contributed by atoms with van der Waals surface area (Å²) in [6.45, 7) is 5.72. The third-order valence-electron chi connectivity index (χ3n) is 4.84. The summed E-state index contributed by atoms with van der Waals surface area (Å²) in [5.41, 5.74) is 2.39. The molecule has 0 saturated carbocycles. The number of piperazine rings is 1. The maximum atomic E-state index is 11.3. The second-order valence-corrected chi connectivity index (χ2v) is 6.45. The van der Waals surface area contributed by atoms with Gasteiger partial charge >= 0.3 is 6.09 Å². The molecule has 146 valence electrons. The van der Waals surface area contributed by atoms with Gasteiger partial charge in [0.2, 0.25) is 5.88 Å². The van der Waals surface area contributed by atoms with Crippen molar-refractivity contribution in [2.45, 2.75) is 26.3 Å². The topological polar surface area (TPSA) is 103 Å². The second-order valence-electron chi connectivity index (χ2n) is 6.45. The van der Waals surface area contributed by atoms with Crippen LogP contribution in [0.3, 0.4) is 0 Å². The summed E-state index contributed by atoms with van der Waals surface area (Å²) >= 11 is 0. The van der Waals surface area contributed by atoms with E-state index in [0.717, 1.165) is 17.7 Å². The Kier molecular flexibility index (Phi) is 5.94. The molecule has 3 rings (SSSR count). The first-order chi connectivity index (χ1) is 13.6. The van der Waals surface area contributed by atoms with Crippen molar-refractivity contribution < 1.29 is 14.6 Å². The van der Waals surface area contributed by atoms with Gasteiger partial charge in [-0.25, -0.2) is 14.8 Å². The monoisotopic (exact) mass is 381 g/mol. The lowest BCUT2D eigenvalue weighted by Crippen LogP contribution is -2.54. The van der Waals surface area contributed by atoms with Crippen LogP contribution in [-0.4, -0.2) is 58.4 Å². The number of carbonyl (C=O) groups is 1. The smallest absolute Gasteiger partial charge is 0.407 e. The predicted octanol–water partition coefficient (Wildman–Crippen LogP) is 2.99. The number of carboxylic acid groups (broad SMARTS) is 1. The van der Waals surface area contributed by atoms with Crippen LogP contribution in [0.2, 0.25) is 0 Å². The number of amides is 1. The zero-order chi connectivity index (χ0) is 20.1. The summed E-state index contributed by atoms with van der Waals surface area (Å²) in [5.74, 6) is 0.482. The highest BCUT2D eigenvalue weighted by Crippen LogP contribution is 2.31. The van der Waals surface area contributed by atoms with Crippen LogP contribution in [0.15, 0.2) is 30.5 Å². The number of hydrogen-bond acceptors (Lipinski definition) is 6. The average Bonchev–Trinajstić information content (AvgIpc) is 2.73. The Balaban J connectivity index is 1.95. The normalized spacial score (nSPS) is 16.5. The van der Waals surface area contributed by atoms with E-state index in [2.05, 4.69) is 20.9 Å². The minimum Gasteiger partial charge on any atom is -0.477 e. The molecule has 28 heavy (non-hydrogen) atoms. The van der Waals surface area contributed by atoms with Crippen molar-refractivity contribution in [3.05, 3.63) is 36.2 Å². The molecule has 1 amide bonds. The minimum atomic E-state index is -0.910. The summed E-state index contributed by atoms with van der Waals surface area (Å²) in [6, 6.07) is 9.59. The molecule has 1 aliphatic heterocycles. The van der Waals surface area contributed by atoms with E-state index in [-0.39, 0.29) is 6.04 Å². The number of aromatic nitrogens is 2. The Bertz CT molecular complexity index is 896. The Morgan fingerprint density at radius 1 is 1.36 bits per heavy atom. The van der Waals surface area contributed by atoms with Crippen molar-refractivity contribution in [3.8, 4) is 23.2 Å². The van der Waals surface area contributed by atoms with Crippen molar-refractivity contribution in [2.24, 2.45) is 0 Å². The van der Waals surface area contributed by atoms with Crippen LogP contribution in [0.1, 0.15) is 26.0 Å². The molecule has 0 aromatic carbocycles. The number of nitrogens with zero attached hydrogens (tertiary/aromatic N) is 5. The SMILES string of the molecule is CCOc1ncccc1-c1ccc(N2CCN(C(=O)O)C[C@H]2CC)c(C#N)n1. The first-order valence-electron chi connectivity index (χ1n) is 9.32. The van der Waals surface area contributed by atoms with Crippen LogP contribution in [0.4, 0.5) is 10.5 Å². The van der Waals surface area contributed by atoms with Crippen LogP contribution in [0.25, 0.3) is 11.3 Å². The average molecular weight is 381 g/mol. The van der Waals surface area contributed by atoms with E-state index in [4.69, 9.17) is 4.74 Å². The fourth-order valence-electron chi connectivity index (χ4n) is 3.45. The third kappa shape index (κ3) is 3.83. The van der Waals surface area contributed by atoms with Gasteiger partial charge < -0.3 is 19.6 Å². The molecule has 0 radical (unpaired) electrons. The largest absolute Gasteiger partial charge is 0.477 e. The molecule has 1 aliphatic rings. The standard InChI is InChI=1S/C20H23N5O3/c1-3-14-13-24(20(26)27)10-11-25(14)18-8-7-16(23-17(18)12-21)15-6-5-9-22-19(15)28-4-2/h5-9,14H,3-4,10-11,13H2,1-2H3,(H,26,27)/t14-/m1/s1. The molecule has 2 aromatic rings. The van der Waals surface area contributed by atoms with E-state index >= 15 is 0 Å². The number of pyridine rings is 2. The van der Waals surface area contributed by atoms with Gasteiger partial charge in [0.25, 0.3) is 0 Å². The molecular formula is C20H23N5O3. The molecule has 1 N–H and O–H groups in total. The molecule has 2 aromatic heterocycles. The fraction of sp³-hybridized carbons (Fsp3) is 0.400. The first kappa shape index (κ1) is 19.4. The molecule has 1 saturated heterocycles. The van der Waals surface area contributed by atoms with Gasteiger partial charge in [0.15, 0.2) is 5.69 Å². The molecule has 0 unspecified atom stereocenters. The highest BCUT2D eigenvalue weighted by Gasteiger charge is 2.30. The van der Waals surface area contributed by atoms with E-state index in [1.165, 1.54) is 4.90 Å². The summed E-state index contributed by atoms with van der Waals surface area (Å²) in [4.78, 5) is 23.6. The van der Waals surface area contributed by atoms with Gasteiger partial charge in [0.05, 0.1) is 23.6 Å². The molecule has 3 heterocycles. The summed E-state index contributed by atoms with van der Waals surface area (Å²) in [5, 5.41) is 19.0. The predicted molar refractivity (Wildman–Crippen MR) is 104 cm³/mol. The van der Waals surface area contributed by atoms with Gasteiger partial charge in [-0.3, -0.25) is 0 Å². The van der Waals surface area contributed by atoms with Gasteiger partial charge in [-0.2, -0.15) is 5.26 Å². The van der Waals surface area contributed by atoms with E-state index in [1.807, 2.05) is 32.0 Å². The van der Waals surface area contributed by atoms with E-state index in [9.17, 15) is 15.2 Å². The van der Waals surface area contributed by atoms with Gasteiger partial charge in [-0.15, -0.1) is 0 Å². The maximum Gasteiger partial charge on any atom is 0.407 e. The number of anilines is 1. The van der Waals surface area contributed by atoms with Crippen molar-refractivity contribution in [3.63, 3.8) is 0 Å². The van der Waals surface area contributed by atoms with Crippen molar-refractivity contribution in [1.29, 1.82) is 5.26 Å². The van der Waals surface area contributed by atoms with Crippen molar-refractivity contribution in [2.75, 3.05) is 31.1 Å². The highest BCUT2D eigenvalue weighted by atomic mass is 16.5. The quantitative estimate of drug-likeness (QED) is 0.849. The molecule has 8 nitrogen and oxygen atoms in total. The Hall–Kier alpha value is -3.34. The van der Waals surface area contributed by atoms with Crippen LogP contribution in [0.5, 0.6) is 5.88 Å². The van der Waals surface area contributed by atoms with Crippen LogP contribution in [0, 0.1) is 11.3 Å². The van der Waals surface area contributed by atoms with Gasteiger partial charge in [-0.05, 0) is 37.6 Å². The maximum absolute atomic E-state index is 11.3. The third-order valence-corrected chi connectivity index (χ3v) is 4.84. The molecule has 8 heteroatoms. The van der Waals surface area contributed by atoms with Gasteiger partial charge in [-0.1, -0.05) is 6.92 Å². The lowest BCUT2D eigenvalue weighted by molar-refractivity contribution is 0.134. The molecule has 0 spiro atoms. The Labute approximate surface area is 164 Å². The first-order valence-corrected chi connectivity index (χ1v) is 9.32. The molecule has 0 aliphatic carbocycles. The number of ether oxygens (including phenoxy) is 1. The summed E-state index contributed by atoms with van der Waals surface area (Å²) < 4.78 is 5.57. The van der Waals surface area contributed by atoms with Crippen LogP contribution in [-0.2, 0) is 0 Å². The van der Waals surface area contributed by atoms with Crippen LogP contribution >= 0.6 is 0 Å². The minimum absolute atomic E-state index is 0.00183. The molecule has 1 fully saturated rings. The Morgan fingerprint density at radius 3 is 2.86 bits per heavy atom. The second kappa shape index (κ2) is 8.57. The van der Waals surface area contributed by atoms with Crippen molar-refractivity contribution in [1.82, 2.24) is 14.9 Å². The zero-order valence-corrected chi connectivity index (χ0v) is 16.0. The fourth-order valence-corrected chi connectivity index (χ4v) is 3.45. The molecule has 0 bridgehead atoms. The highest BCUT2D eigenvalue weighted by molar-refractivity contribution is 5.70. The summed E-state index contributed by atoms with van der Waals surface area (Å²) in [7, 11) is 0. The summed E-state index contributed by atoms with van der Waals surface area (Å²) in [6.07, 6.45) is 1.52. The van der Waals surface area contributed by atoms with E-state index in [1.54, 1.807) is 12.3 Å². The van der Waals surface area contributed by atoms with Gasteiger partial charge in [0.1, 0.15) is 6.07 Å². The van der Waals surface area contributed by atoms with E-state index in [0.29, 0.717) is 43.5 Å². The number of rotatable bonds is 5. The van der Waals surface area contributed by atoms with E-state index < -0.39 is 6.09 Å². The number of nitriles is 1. The van der Waals surface area contributed by atoms with Gasteiger partial charge in [0, 0.05) is 31.9 Å². The van der Waals surface area contributed by atoms with Crippen LogP contribution < -0.4 is 9.64 Å². The molecular weight excluding hydrogens is 358 g/mol. The lowest BCUT2D eigenvalue weighted by atomic mass is 10.1.